The van der Waals surface area contributed by atoms with E-state index >= 15 is 0 Å². The molecule has 1 saturated heterocycles. The molecule has 8 nitrogen and oxygen atoms in total. The number of hydrogen-bond acceptors (Lipinski definition) is 8. The fourth-order valence-corrected chi connectivity index (χ4v) is 6.75. The summed E-state index contributed by atoms with van der Waals surface area (Å²) in [5, 5.41) is 10.7. The van der Waals surface area contributed by atoms with E-state index in [9.17, 15) is 5.11 Å². The minimum Gasteiger partial charge on any atom is -0.394 e. The van der Waals surface area contributed by atoms with Gasteiger partial charge in [0.1, 0.15) is 24.4 Å². The molecule has 6 rings (SSSR count). The van der Waals surface area contributed by atoms with Crippen LogP contribution in [-0.4, -0.2) is 61.2 Å². The lowest BCUT2D eigenvalue weighted by molar-refractivity contribution is -0.327. The molecule has 1 aliphatic heterocycles. The molecule has 0 amide bonds. The SMILES string of the molecule is CC[C@@H](OCc1ccccc1)[C@H](CCO[C@H]1O[C@H](CO)[C@H](OCc2ccccc2)[C@H](OCc2ccccc2)[C@H]1OCc1ccccc1)OCc1ccccc1. The molecule has 0 saturated carbocycles. The fourth-order valence-electron chi connectivity index (χ4n) is 6.75. The van der Waals surface area contributed by atoms with Gasteiger partial charge < -0.3 is 38.3 Å². The highest BCUT2D eigenvalue weighted by Crippen LogP contribution is 2.31. The van der Waals surface area contributed by atoms with E-state index < -0.39 is 30.7 Å². The van der Waals surface area contributed by atoms with Crippen LogP contribution in [0.2, 0.25) is 0 Å². The number of rotatable bonds is 22. The first-order valence-corrected chi connectivity index (χ1v) is 19.4. The third-order valence-corrected chi connectivity index (χ3v) is 9.74. The van der Waals surface area contributed by atoms with Crippen LogP contribution in [0.25, 0.3) is 0 Å². The first-order chi connectivity index (χ1) is 27.2. The van der Waals surface area contributed by atoms with Crippen molar-refractivity contribution in [2.75, 3.05) is 13.2 Å². The maximum atomic E-state index is 10.7. The van der Waals surface area contributed by atoms with Crippen molar-refractivity contribution in [2.24, 2.45) is 0 Å². The third kappa shape index (κ3) is 12.7. The molecule has 1 heterocycles. The summed E-state index contributed by atoms with van der Waals surface area (Å²) in [6.07, 6.45) is -2.69. The van der Waals surface area contributed by atoms with E-state index in [0.717, 1.165) is 34.2 Å². The molecule has 0 bridgehead atoms. The molecule has 7 atom stereocenters. The Morgan fingerprint density at radius 2 is 0.855 bits per heavy atom. The number of ether oxygens (including phenoxy) is 7. The summed E-state index contributed by atoms with van der Waals surface area (Å²) in [4.78, 5) is 0. The largest absolute Gasteiger partial charge is 0.394 e. The molecular weight excluding hydrogens is 693 g/mol. The van der Waals surface area contributed by atoms with Gasteiger partial charge in [-0.3, -0.25) is 0 Å². The van der Waals surface area contributed by atoms with E-state index in [1.165, 1.54) is 0 Å². The first-order valence-electron chi connectivity index (χ1n) is 19.4. The number of aliphatic hydroxyl groups excluding tert-OH is 1. The van der Waals surface area contributed by atoms with Crippen LogP contribution in [0.4, 0.5) is 0 Å². The molecule has 0 spiro atoms. The average Bonchev–Trinajstić information content (AvgIpc) is 3.25. The second kappa shape index (κ2) is 22.4. The van der Waals surface area contributed by atoms with Crippen LogP contribution in [0.15, 0.2) is 152 Å². The summed E-state index contributed by atoms with van der Waals surface area (Å²) in [6.45, 7) is 3.99. The van der Waals surface area contributed by atoms with E-state index in [1.54, 1.807) is 0 Å². The van der Waals surface area contributed by atoms with Crippen molar-refractivity contribution in [3.8, 4) is 0 Å². The second-order valence-corrected chi connectivity index (χ2v) is 13.7. The molecule has 5 aromatic carbocycles. The minimum absolute atomic E-state index is 0.173. The van der Waals surface area contributed by atoms with Crippen LogP contribution in [0, 0.1) is 0 Å². The molecule has 0 aliphatic carbocycles. The molecule has 0 radical (unpaired) electrons. The molecule has 0 unspecified atom stereocenters. The van der Waals surface area contributed by atoms with Crippen molar-refractivity contribution in [3.05, 3.63) is 179 Å². The molecule has 0 aromatic heterocycles. The predicted octanol–water partition coefficient (Wildman–Crippen LogP) is 8.45. The van der Waals surface area contributed by atoms with Crippen molar-refractivity contribution in [1.82, 2.24) is 0 Å². The quantitative estimate of drug-likeness (QED) is 0.0756. The van der Waals surface area contributed by atoms with Gasteiger partial charge in [-0.05, 0) is 40.7 Å². The smallest absolute Gasteiger partial charge is 0.186 e. The molecular formula is C47H54O8. The second-order valence-electron chi connectivity index (χ2n) is 13.7. The van der Waals surface area contributed by atoms with Crippen molar-refractivity contribution in [3.63, 3.8) is 0 Å². The molecule has 1 N–H and O–H groups in total. The zero-order valence-corrected chi connectivity index (χ0v) is 31.6. The zero-order valence-electron chi connectivity index (χ0n) is 31.6. The lowest BCUT2D eigenvalue weighted by atomic mass is 9.97. The monoisotopic (exact) mass is 746 g/mol. The summed E-state index contributed by atoms with van der Waals surface area (Å²) in [5.41, 5.74) is 5.21. The van der Waals surface area contributed by atoms with Crippen molar-refractivity contribution >= 4 is 0 Å². The van der Waals surface area contributed by atoms with Gasteiger partial charge in [-0.25, -0.2) is 0 Å². The Morgan fingerprint density at radius 3 is 1.27 bits per heavy atom. The van der Waals surface area contributed by atoms with Crippen LogP contribution in [0.5, 0.6) is 0 Å². The molecule has 1 aliphatic rings. The van der Waals surface area contributed by atoms with Crippen LogP contribution >= 0.6 is 0 Å². The highest BCUT2D eigenvalue weighted by atomic mass is 16.7. The molecule has 8 heteroatoms. The number of benzene rings is 5. The molecule has 1 fully saturated rings. The summed E-state index contributed by atoms with van der Waals surface area (Å²) < 4.78 is 46.2. The van der Waals surface area contributed by atoms with Gasteiger partial charge in [0.05, 0.1) is 58.5 Å². The topological polar surface area (TPSA) is 84.8 Å². The zero-order chi connectivity index (χ0) is 37.9. The standard InChI is InChI=1S/C47H54O8/c1-2-41(50-31-36-18-8-3-9-19-36)42(51-32-37-20-10-4-11-21-37)28-29-49-47-46(54-35-40-26-16-7-17-27-40)45(53-34-39-24-14-6-15-25-39)44(43(30-48)55-47)52-33-38-22-12-5-13-23-38/h3-27,41-48H,2,28-35H2,1H3/t41-,42+,43-,44+,45+,46-,47+/m1/s1. The van der Waals surface area contributed by atoms with Crippen LogP contribution in [0.3, 0.4) is 0 Å². The van der Waals surface area contributed by atoms with Gasteiger partial charge in [-0.1, -0.05) is 159 Å². The van der Waals surface area contributed by atoms with Gasteiger partial charge in [0.25, 0.3) is 0 Å². The van der Waals surface area contributed by atoms with Crippen LogP contribution in [-0.2, 0) is 66.2 Å². The molecule has 290 valence electrons. The van der Waals surface area contributed by atoms with Crippen molar-refractivity contribution in [2.45, 2.75) is 95.7 Å². The van der Waals surface area contributed by atoms with Gasteiger partial charge in [0.15, 0.2) is 6.29 Å². The van der Waals surface area contributed by atoms with E-state index in [4.69, 9.17) is 33.2 Å². The average molecular weight is 747 g/mol. The summed E-state index contributed by atoms with van der Waals surface area (Å²) >= 11 is 0. The van der Waals surface area contributed by atoms with Gasteiger partial charge in [0.2, 0.25) is 0 Å². The summed E-state index contributed by atoms with van der Waals surface area (Å²) in [7, 11) is 0. The highest BCUT2D eigenvalue weighted by molar-refractivity contribution is 5.17. The Balaban J connectivity index is 1.21. The fraction of sp³-hybridized carbons (Fsp3) is 0.362. The minimum atomic E-state index is -0.863. The Morgan fingerprint density at radius 1 is 0.473 bits per heavy atom. The first kappa shape index (κ1) is 40.4. The van der Waals surface area contributed by atoms with E-state index in [0.29, 0.717) is 46.1 Å². The van der Waals surface area contributed by atoms with Gasteiger partial charge in [0, 0.05) is 0 Å². The number of aliphatic hydroxyl groups is 1. The molecule has 5 aromatic rings. The van der Waals surface area contributed by atoms with E-state index in [2.05, 4.69) is 31.2 Å². The van der Waals surface area contributed by atoms with Crippen molar-refractivity contribution in [1.29, 1.82) is 0 Å². The third-order valence-electron chi connectivity index (χ3n) is 9.74. The lowest BCUT2D eigenvalue weighted by Gasteiger charge is -2.45. The van der Waals surface area contributed by atoms with E-state index in [-0.39, 0.29) is 18.8 Å². The molecule has 55 heavy (non-hydrogen) atoms. The Labute approximate surface area is 325 Å². The summed E-state index contributed by atoms with van der Waals surface area (Å²) in [6, 6.07) is 50.3. The Bertz CT molecular complexity index is 1730. The lowest BCUT2D eigenvalue weighted by Crippen LogP contribution is -2.61. The Hall–Kier alpha value is -4.22. The van der Waals surface area contributed by atoms with Crippen LogP contribution < -0.4 is 0 Å². The highest BCUT2D eigenvalue weighted by Gasteiger charge is 2.49. The maximum Gasteiger partial charge on any atom is 0.186 e. The Kier molecular flexibility index (Phi) is 16.4. The van der Waals surface area contributed by atoms with Gasteiger partial charge in [-0.2, -0.15) is 0 Å². The maximum absolute atomic E-state index is 10.7. The van der Waals surface area contributed by atoms with Gasteiger partial charge >= 0.3 is 0 Å². The normalized spacial score (nSPS) is 20.9. The van der Waals surface area contributed by atoms with E-state index in [1.807, 2.05) is 127 Å². The van der Waals surface area contributed by atoms with Crippen molar-refractivity contribution < 1.29 is 38.3 Å². The van der Waals surface area contributed by atoms with Gasteiger partial charge in [-0.15, -0.1) is 0 Å². The summed E-state index contributed by atoms with van der Waals surface area (Å²) in [5.74, 6) is 0. The predicted molar refractivity (Wildman–Crippen MR) is 212 cm³/mol. The number of hydrogen-bond donors (Lipinski definition) is 1. The van der Waals surface area contributed by atoms with Crippen LogP contribution in [0.1, 0.15) is 47.6 Å².